The standard InChI is InChI=1S/C17H22N2O6/c20-16(5-4-12-2-1-3-14(10-12)19(23)24)18-11-15(17(21)22)13-6-8-25-9-7-13/h1-3,10,13,15H,4-9,11H2,(H,18,20)(H,21,22). The van der Waals surface area contributed by atoms with Crippen molar-refractivity contribution in [1.82, 2.24) is 5.32 Å². The molecule has 8 nitrogen and oxygen atoms in total. The Kier molecular flexibility index (Phi) is 6.88. The zero-order valence-electron chi connectivity index (χ0n) is 13.8. The SMILES string of the molecule is O=C(CCc1cccc([N+](=O)[O-])c1)NCC(C(=O)O)C1CCOCC1. The van der Waals surface area contributed by atoms with Crippen LogP contribution in [-0.2, 0) is 20.7 Å². The number of hydrogen-bond donors (Lipinski definition) is 2. The fourth-order valence-corrected chi connectivity index (χ4v) is 2.97. The van der Waals surface area contributed by atoms with E-state index < -0.39 is 16.8 Å². The molecule has 1 aliphatic rings. The molecule has 8 heteroatoms. The minimum Gasteiger partial charge on any atom is -0.481 e. The number of carboxylic acids is 1. The summed E-state index contributed by atoms with van der Waals surface area (Å²) in [4.78, 5) is 33.7. The molecule has 0 saturated carbocycles. The molecule has 0 radical (unpaired) electrons. The van der Waals surface area contributed by atoms with Gasteiger partial charge in [-0.25, -0.2) is 0 Å². The van der Waals surface area contributed by atoms with Crippen molar-refractivity contribution in [2.45, 2.75) is 25.7 Å². The summed E-state index contributed by atoms with van der Waals surface area (Å²) in [5.74, 6) is -1.79. The molecule has 0 spiro atoms. The highest BCUT2D eigenvalue weighted by atomic mass is 16.6. The minimum absolute atomic E-state index is 0.00308. The molecule has 1 aliphatic heterocycles. The number of carbonyl (C=O) groups excluding carboxylic acids is 1. The number of carbonyl (C=O) groups is 2. The Labute approximate surface area is 145 Å². The van der Waals surface area contributed by atoms with Gasteiger partial charge in [-0.15, -0.1) is 0 Å². The van der Waals surface area contributed by atoms with Crippen molar-refractivity contribution in [3.8, 4) is 0 Å². The number of non-ortho nitro benzene ring substituents is 1. The van der Waals surface area contributed by atoms with Crippen LogP contribution in [0.25, 0.3) is 0 Å². The van der Waals surface area contributed by atoms with E-state index >= 15 is 0 Å². The van der Waals surface area contributed by atoms with Crippen molar-refractivity contribution >= 4 is 17.6 Å². The first-order chi connectivity index (χ1) is 12.0. The molecule has 2 N–H and O–H groups in total. The van der Waals surface area contributed by atoms with Crippen molar-refractivity contribution in [1.29, 1.82) is 0 Å². The summed E-state index contributed by atoms with van der Waals surface area (Å²) in [6.45, 7) is 1.19. The Balaban J connectivity index is 1.81. The third kappa shape index (κ3) is 5.82. The number of nitrogens with one attached hydrogen (secondary N) is 1. The molecular formula is C17H22N2O6. The number of benzene rings is 1. The summed E-state index contributed by atoms with van der Waals surface area (Å²) in [5, 5.41) is 22.8. The van der Waals surface area contributed by atoms with Crippen LogP contribution in [0.4, 0.5) is 5.69 Å². The summed E-state index contributed by atoms with van der Waals surface area (Å²) in [6, 6.07) is 6.14. The maximum Gasteiger partial charge on any atom is 0.308 e. The summed E-state index contributed by atoms with van der Waals surface area (Å²) in [5.41, 5.74) is 0.687. The monoisotopic (exact) mass is 350 g/mol. The third-order valence-electron chi connectivity index (χ3n) is 4.43. The Morgan fingerprint density at radius 1 is 1.36 bits per heavy atom. The van der Waals surface area contributed by atoms with Crippen LogP contribution in [0.15, 0.2) is 24.3 Å². The van der Waals surface area contributed by atoms with Gasteiger partial charge < -0.3 is 15.2 Å². The van der Waals surface area contributed by atoms with E-state index in [0.717, 1.165) is 0 Å². The first-order valence-corrected chi connectivity index (χ1v) is 8.28. The number of aryl methyl sites for hydroxylation is 1. The summed E-state index contributed by atoms with van der Waals surface area (Å²) >= 11 is 0. The van der Waals surface area contributed by atoms with E-state index in [2.05, 4.69) is 5.32 Å². The molecule has 1 aromatic carbocycles. The van der Waals surface area contributed by atoms with Gasteiger partial charge in [-0.1, -0.05) is 12.1 Å². The molecule has 0 aliphatic carbocycles. The molecule has 25 heavy (non-hydrogen) atoms. The minimum atomic E-state index is -0.911. The van der Waals surface area contributed by atoms with Crippen molar-refractivity contribution < 1.29 is 24.4 Å². The predicted molar refractivity (Wildman–Crippen MR) is 89.1 cm³/mol. The average Bonchev–Trinajstić information content (AvgIpc) is 2.61. The van der Waals surface area contributed by atoms with E-state index in [1.54, 1.807) is 12.1 Å². The van der Waals surface area contributed by atoms with Gasteiger partial charge >= 0.3 is 5.97 Å². The number of nitro groups is 1. The number of carboxylic acid groups (broad SMARTS) is 1. The number of amides is 1. The van der Waals surface area contributed by atoms with E-state index in [4.69, 9.17) is 4.74 Å². The Morgan fingerprint density at radius 3 is 2.72 bits per heavy atom. The smallest absolute Gasteiger partial charge is 0.308 e. The van der Waals surface area contributed by atoms with Gasteiger partial charge in [-0.3, -0.25) is 19.7 Å². The highest BCUT2D eigenvalue weighted by Crippen LogP contribution is 2.23. The highest BCUT2D eigenvalue weighted by molar-refractivity contribution is 5.77. The molecule has 1 heterocycles. The van der Waals surface area contributed by atoms with Gasteiger partial charge in [0, 0.05) is 38.3 Å². The fraction of sp³-hybridized carbons (Fsp3) is 0.529. The van der Waals surface area contributed by atoms with E-state index in [1.165, 1.54) is 12.1 Å². The van der Waals surface area contributed by atoms with Crippen molar-refractivity contribution in [2.24, 2.45) is 11.8 Å². The lowest BCUT2D eigenvalue weighted by Crippen LogP contribution is -2.39. The maximum atomic E-state index is 12.0. The first-order valence-electron chi connectivity index (χ1n) is 8.28. The van der Waals surface area contributed by atoms with Gasteiger partial charge in [-0.2, -0.15) is 0 Å². The second kappa shape index (κ2) is 9.12. The van der Waals surface area contributed by atoms with E-state index in [9.17, 15) is 24.8 Å². The number of nitro benzene ring substituents is 1. The molecule has 1 fully saturated rings. The van der Waals surface area contributed by atoms with Crippen LogP contribution < -0.4 is 5.32 Å². The molecule has 2 rings (SSSR count). The molecule has 1 aromatic rings. The van der Waals surface area contributed by atoms with Gasteiger partial charge in [0.1, 0.15) is 0 Å². The third-order valence-corrected chi connectivity index (χ3v) is 4.43. The second-order valence-corrected chi connectivity index (χ2v) is 6.13. The van der Waals surface area contributed by atoms with Crippen LogP contribution in [0.2, 0.25) is 0 Å². The second-order valence-electron chi connectivity index (χ2n) is 6.13. The van der Waals surface area contributed by atoms with Crippen molar-refractivity contribution in [2.75, 3.05) is 19.8 Å². The number of rotatable bonds is 8. The Hall–Kier alpha value is -2.48. The number of aliphatic carboxylic acids is 1. The normalized spacial score (nSPS) is 16.2. The quantitative estimate of drug-likeness (QED) is 0.545. The van der Waals surface area contributed by atoms with Crippen LogP contribution in [-0.4, -0.2) is 41.7 Å². The molecule has 136 valence electrons. The van der Waals surface area contributed by atoms with E-state index in [1.807, 2.05) is 0 Å². The van der Waals surface area contributed by atoms with E-state index in [0.29, 0.717) is 38.0 Å². The van der Waals surface area contributed by atoms with Gasteiger partial charge in [0.05, 0.1) is 10.8 Å². The Morgan fingerprint density at radius 2 is 2.08 bits per heavy atom. The molecular weight excluding hydrogens is 328 g/mol. The first kappa shape index (κ1) is 18.9. The van der Waals surface area contributed by atoms with Crippen LogP contribution in [0, 0.1) is 22.0 Å². The number of hydrogen-bond acceptors (Lipinski definition) is 5. The van der Waals surface area contributed by atoms with Gasteiger partial charge in [0.2, 0.25) is 5.91 Å². The highest BCUT2D eigenvalue weighted by Gasteiger charge is 2.29. The lowest BCUT2D eigenvalue weighted by molar-refractivity contribution is -0.384. The average molecular weight is 350 g/mol. The zero-order chi connectivity index (χ0) is 18.2. The van der Waals surface area contributed by atoms with Crippen LogP contribution in [0.3, 0.4) is 0 Å². The largest absolute Gasteiger partial charge is 0.481 e. The number of ether oxygens (including phenoxy) is 1. The molecule has 1 amide bonds. The van der Waals surface area contributed by atoms with E-state index in [-0.39, 0.29) is 30.5 Å². The van der Waals surface area contributed by atoms with Crippen LogP contribution >= 0.6 is 0 Å². The lowest BCUT2D eigenvalue weighted by atomic mass is 9.86. The van der Waals surface area contributed by atoms with Gasteiger partial charge in [0.25, 0.3) is 5.69 Å². The zero-order valence-corrected chi connectivity index (χ0v) is 13.8. The maximum absolute atomic E-state index is 12.0. The molecule has 0 bridgehead atoms. The molecule has 1 saturated heterocycles. The van der Waals surface area contributed by atoms with Crippen LogP contribution in [0.1, 0.15) is 24.8 Å². The van der Waals surface area contributed by atoms with Crippen molar-refractivity contribution in [3.63, 3.8) is 0 Å². The fourth-order valence-electron chi connectivity index (χ4n) is 2.97. The molecule has 1 unspecified atom stereocenters. The summed E-state index contributed by atoms with van der Waals surface area (Å²) in [6.07, 6.45) is 1.88. The molecule has 0 aromatic heterocycles. The topological polar surface area (TPSA) is 119 Å². The summed E-state index contributed by atoms with van der Waals surface area (Å²) in [7, 11) is 0. The Bertz CT molecular complexity index is 627. The predicted octanol–water partition coefficient (Wildman–Crippen LogP) is 1.77. The van der Waals surface area contributed by atoms with Gasteiger partial charge in [-0.05, 0) is 30.7 Å². The van der Waals surface area contributed by atoms with Crippen molar-refractivity contribution in [3.05, 3.63) is 39.9 Å². The summed E-state index contributed by atoms with van der Waals surface area (Å²) < 4.78 is 5.24. The van der Waals surface area contributed by atoms with Gasteiger partial charge in [0.15, 0.2) is 0 Å². The lowest BCUT2D eigenvalue weighted by Gasteiger charge is -2.27. The number of nitrogens with zero attached hydrogens (tertiary/aromatic N) is 1. The molecule has 1 atom stereocenters. The van der Waals surface area contributed by atoms with Crippen LogP contribution in [0.5, 0.6) is 0 Å².